The van der Waals surface area contributed by atoms with Crippen LogP contribution in [0.25, 0.3) is 10.9 Å². The fraction of sp³-hybridized carbons (Fsp3) is 0. The highest BCUT2D eigenvalue weighted by Gasteiger charge is 1.92. The summed E-state index contributed by atoms with van der Waals surface area (Å²) in [4.78, 5) is 16.7. The lowest BCUT2D eigenvalue weighted by Crippen LogP contribution is -2.08. The van der Waals surface area contributed by atoms with Crippen molar-refractivity contribution < 1.29 is 0 Å². The van der Waals surface area contributed by atoms with Gasteiger partial charge in [0.25, 0.3) is 0 Å². The van der Waals surface area contributed by atoms with Gasteiger partial charge in [0.2, 0.25) is 0 Å². The monoisotopic (exact) mass is 148 g/mol. The Kier molecular flexibility index (Phi) is 1.15. The molecule has 0 atom stereocenters. The predicted molar refractivity (Wildman–Crippen MR) is 38.0 cm³/mol. The van der Waals surface area contributed by atoms with Crippen molar-refractivity contribution in [2.45, 2.75) is 0 Å². The summed E-state index contributed by atoms with van der Waals surface area (Å²) in [7, 11) is 0. The van der Waals surface area contributed by atoms with Crippen LogP contribution < -0.4 is 5.69 Å². The SMILES string of the molecule is O=c1ncc2cnncc2[nH]1. The van der Waals surface area contributed by atoms with Crippen molar-refractivity contribution >= 4 is 10.9 Å². The zero-order valence-corrected chi connectivity index (χ0v) is 5.48. The molecule has 0 spiro atoms. The lowest BCUT2D eigenvalue weighted by atomic mass is 10.4. The molecule has 2 rings (SSSR count). The number of H-pyrrole nitrogens is 1. The third kappa shape index (κ3) is 0.958. The Bertz CT molecular complexity index is 436. The average Bonchev–Trinajstić information content (AvgIpc) is 2.04. The van der Waals surface area contributed by atoms with Gasteiger partial charge in [-0.15, -0.1) is 0 Å². The number of aromatic nitrogens is 4. The van der Waals surface area contributed by atoms with Crippen LogP contribution in [0.1, 0.15) is 0 Å². The van der Waals surface area contributed by atoms with Gasteiger partial charge in [-0.2, -0.15) is 10.2 Å². The Morgan fingerprint density at radius 2 is 2.00 bits per heavy atom. The highest BCUT2D eigenvalue weighted by Crippen LogP contribution is 2.00. The maximum absolute atomic E-state index is 10.7. The van der Waals surface area contributed by atoms with Crippen LogP contribution in [-0.2, 0) is 0 Å². The van der Waals surface area contributed by atoms with Gasteiger partial charge in [-0.25, -0.2) is 9.78 Å². The zero-order chi connectivity index (χ0) is 7.68. The van der Waals surface area contributed by atoms with E-state index in [0.717, 1.165) is 5.39 Å². The Morgan fingerprint density at radius 1 is 1.18 bits per heavy atom. The molecular weight excluding hydrogens is 144 g/mol. The van der Waals surface area contributed by atoms with E-state index in [1.54, 1.807) is 0 Å². The van der Waals surface area contributed by atoms with Gasteiger partial charge in [-0.1, -0.05) is 0 Å². The fourth-order valence-electron chi connectivity index (χ4n) is 0.814. The molecule has 0 aliphatic heterocycles. The van der Waals surface area contributed by atoms with Crippen molar-refractivity contribution in [3.05, 3.63) is 29.1 Å². The molecule has 0 amide bonds. The maximum atomic E-state index is 10.7. The van der Waals surface area contributed by atoms with E-state index in [1.165, 1.54) is 18.6 Å². The van der Waals surface area contributed by atoms with Gasteiger partial charge in [0, 0.05) is 11.6 Å². The van der Waals surface area contributed by atoms with Crippen LogP contribution in [0.3, 0.4) is 0 Å². The van der Waals surface area contributed by atoms with Crippen LogP contribution in [0.2, 0.25) is 0 Å². The highest BCUT2D eigenvalue weighted by molar-refractivity contribution is 5.74. The van der Waals surface area contributed by atoms with E-state index in [9.17, 15) is 4.79 Å². The molecule has 2 aromatic rings. The molecule has 0 radical (unpaired) electrons. The first-order chi connectivity index (χ1) is 5.36. The lowest BCUT2D eigenvalue weighted by molar-refractivity contribution is 1.03. The molecule has 5 nitrogen and oxygen atoms in total. The first-order valence-corrected chi connectivity index (χ1v) is 3.02. The van der Waals surface area contributed by atoms with E-state index in [0.29, 0.717) is 5.52 Å². The van der Waals surface area contributed by atoms with Gasteiger partial charge in [-0.3, -0.25) is 0 Å². The van der Waals surface area contributed by atoms with E-state index in [2.05, 4.69) is 20.2 Å². The first kappa shape index (κ1) is 5.96. The second-order valence-electron chi connectivity index (χ2n) is 2.05. The molecule has 1 N–H and O–H groups in total. The molecule has 0 aromatic carbocycles. The van der Waals surface area contributed by atoms with Gasteiger partial charge in [0.05, 0.1) is 17.9 Å². The minimum atomic E-state index is -0.370. The lowest BCUT2D eigenvalue weighted by Gasteiger charge is -1.90. The van der Waals surface area contributed by atoms with Crippen molar-refractivity contribution in [1.29, 1.82) is 0 Å². The molecule has 0 aliphatic rings. The third-order valence-corrected chi connectivity index (χ3v) is 1.32. The molecular formula is C6H4N4O. The number of aromatic amines is 1. The molecule has 2 heterocycles. The van der Waals surface area contributed by atoms with Crippen molar-refractivity contribution in [1.82, 2.24) is 20.2 Å². The molecule has 0 saturated heterocycles. The van der Waals surface area contributed by atoms with Crippen LogP contribution in [0.4, 0.5) is 0 Å². The fourth-order valence-corrected chi connectivity index (χ4v) is 0.814. The highest BCUT2D eigenvalue weighted by atomic mass is 16.1. The summed E-state index contributed by atoms with van der Waals surface area (Å²) in [5.74, 6) is 0. The molecule has 5 heteroatoms. The van der Waals surface area contributed by atoms with Crippen molar-refractivity contribution in [3.8, 4) is 0 Å². The minimum absolute atomic E-state index is 0.370. The smallest absolute Gasteiger partial charge is 0.304 e. The molecule has 0 fully saturated rings. The van der Waals surface area contributed by atoms with Crippen LogP contribution >= 0.6 is 0 Å². The van der Waals surface area contributed by atoms with E-state index in [-0.39, 0.29) is 5.69 Å². The summed E-state index contributed by atoms with van der Waals surface area (Å²) in [5, 5.41) is 8.01. The van der Waals surface area contributed by atoms with Crippen LogP contribution in [0.15, 0.2) is 23.4 Å². The van der Waals surface area contributed by atoms with E-state index >= 15 is 0 Å². The summed E-state index contributed by atoms with van der Waals surface area (Å²) in [6, 6.07) is 0. The summed E-state index contributed by atoms with van der Waals surface area (Å²) >= 11 is 0. The van der Waals surface area contributed by atoms with Gasteiger partial charge in [0.15, 0.2) is 0 Å². The van der Waals surface area contributed by atoms with Crippen molar-refractivity contribution in [3.63, 3.8) is 0 Å². The number of rotatable bonds is 0. The van der Waals surface area contributed by atoms with E-state index in [4.69, 9.17) is 0 Å². The number of fused-ring (bicyclic) bond motifs is 1. The van der Waals surface area contributed by atoms with Gasteiger partial charge < -0.3 is 4.98 Å². The molecule has 0 bridgehead atoms. The topological polar surface area (TPSA) is 71.5 Å². The number of nitrogens with zero attached hydrogens (tertiary/aromatic N) is 3. The second-order valence-corrected chi connectivity index (χ2v) is 2.05. The zero-order valence-electron chi connectivity index (χ0n) is 5.48. The Labute approximate surface area is 61.1 Å². The molecule has 2 aromatic heterocycles. The van der Waals surface area contributed by atoms with Crippen molar-refractivity contribution in [2.24, 2.45) is 0 Å². The Hall–Kier alpha value is -1.78. The van der Waals surface area contributed by atoms with Crippen molar-refractivity contribution in [2.75, 3.05) is 0 Å². The normalized spacial score (nSPS) is 10.2. The molecule has 11 heavy (non-hydrogen) atoms. The van der Waals surface area contributed by atoms with Gasteiger partial charge in [-0.05, 0) is 0 Å². The average molecular weight is 148 g/mol. The summed E-state index contributed by atoms with van der Waals surface area (Å²) in [5.41, 5.74) is 0.283. The van der Waals surface area contributed by atoms with Crippen LogP contribution in [0.5, 0.6) is 0 Å². The van der Waals surface area contributed by atoms with Crippen LogP contribution in [-0.4, -0.2) is 20.2 Å². The first-order valence-electron chi connectivity index (χ1n) is 3.02. The van der Waals surface area contributed by atoms with E-state index < -0.39 is 0 Å². The number of nitrogens with one attached hydrogen (secondary N) is 1. The second kappa shape index (κ2) is 2.12. The van der Waals surface area contributed by atoms with Gasteiger partial charge >= 0.3 is 5.69 Å². The summed E-state index contributed by atoms with van der Waals surface area (Å²) in [6.45, 7) is 0. The Balaban J connectivity index is 2.94. The van der Waals surface area contributed by atoms with Crippen LogP contribution in [0, 0.1) is 0 Å². The summed E-state index contributed by atoms with van der Waals surface area (Å²) in [6.07, 6.45) is 4.49. The predicted octanol–water partition coefficient (Wildman–Crippen LogP) is -0.287. The molecule has 54 valence electrons. The quantitative estimate of drug-likeness (QED) is 0.557. The summed E-state index contributed by atoms with van der Waals surface area (Å²) < 4.78 is 0. The Morgan fingerprint density at radius 3 is 2.91 bits per heavy atom. The largest absolute Gasteiger partial charge is 0.345 e. The standard InChI is InChI=1S/C6H4N4O/c11-6-7-1-4-2-8-9-3-5(4)10-6/h1-3H,(H,7,10,11). The maximum Gasteiger partial charge on any atom is 0.345 e. The third-order valence-electron chi connectivity index (χ3n) is 1.32. The number of hydrogen-bond donors (Lipinski definition) is 1. The number of hydrogen-bond acceptors (Lipinski definition) is 4. The molecule has 0 saturated carbocycles. The minimum Gasteiger partial charge on any atom is -0.304 e. The van der Waals surface area contributed by atoms with Gasteiger partial charge in [0.1, 0.15) is 0 Å². The van der Waals surface area contributed by atoms with E-state index in [1.807, 2.05) is 0 Å². The molecule has 0 unspecified atom stereocenters. The molecule has 0 aliphatic carbocycles.